The van der Waals surface area contributed by atoms with Crippen molar-refractivity contribution in [1.29, 1.82) is 0 Å². The largest absolute Gasteiger partial charge is 0.497 e. The topological polar surface area (TPSA) is 105 Å². The molecule has 8 nitrogen and oxygen atoms in total. The average Bonchev–Trinajstić information content (AvgIpc) is 3.33. The van der Waals surface area contributed by atoms with Crippen LogP contribution in [-0.2, 0) is 25.1 Å². The van der Waals surface area contributed by atoms with Gasteiger partial charge in [-0.05, 0) is 163 Å². The second-order valence-electron chi connectivity index (χ2n) is 15.3. The Morgan fingerprint density at radius 3 is 0.866 bits per heavy atom. The Morgan fingerprint density at radius 2 is 0.597 bits per heavy atom. The van der Waals surface area contributed by atoms with E-state index in [1.807, 2.05) is 43.3 Å². The summed E-state index contributed by atoms with van der Waals surface area (Å²) >= 11 is 0. The van der Waals surface area contributed by atoms with Gasteiger partial charge in [-0.25, -0.2) is 34.4 Å². The number of hydrogen-bond donors (Lipinski definition) is 0. The summed E-state index contributed by atoms with van der Waals surface area (Å²) in [5.74, 6) is 2.71. The molecule has 0 radical (unpaired) electrons. The van der Waals surface area contributed by atoms with Crippen molar-refractivity contribution in [2.45, 2.75) is 44.8 Å². The van der Waals surface area contributed by atoms with Crippen LogP contribution in [0, 0.1) is 6.92 Å². The van der Waals surface area contributed by atoms with E-state index < -0.39 is 37.9 Å². The maximum absolute atomic E-state index is 14.5. The fourth-order valence-electron chi connectivity index (χ4n) is 7.32. The van der Waals surface area contributed by atoms with Gasteiger partial charge in [0.1, 0.15) is 45.7 Å². The van der Waals surface area contributed by atoms with E-state index in [4.69, 9.17) is 18.9 Å². The third-order valence-corrected chi connectivity index (χ3v) is 14.6. The Labute approximate surface area is 385 Å². The van der Waals surface area contributed by atoms with E-state index in [-0.39, 0.29) is 42.2 Å². The Bertz CT molecular complexity index is 3160. The Kier molecular flexibility index (Phi) is 13.2. The number of alkyl halides is 4. The van der Waals surface area contributed by atoms with Gasteiger partial charge >= 0.3 is 0 Å². The van der Waals surface area contributed by atoms with Gasteiger partial charge in [-0.3, -0.25) is 0 Å². The van der Waals surface area contributed by atoms with Crippen LogP contribution in [0.5, 0.6) is 40.2 Å². The maximum Gasteiger partial charge on any atom is 0.257 e. The highest BCUT2D eigenvalue weighted by Crippen LogP contribution is 2.45. The summed E-state index contributed by atoms with van der Waals surface area (Å²) in [6, 6.07) is 49.2. The number of aryl methyl sites for hydroxylation is 1. The number of sulfone groups is 2. The van der Waals surface area contributed by atoms with E-state index >= 15 is 0 Å². The predicted octanol–water partition coefficient (Wildman–Crippen LogP) is 13.5. The smallest absolute Gasteiger partial charge is 0.257 e. The molecule has 0 aliphatic carbocycles. The monoisotopic (exact) mass is 944 g/mol. The van der Waals surface area contributed by atoms with Crippen LogP contribution in [0.2, 0.25) is 0 Å². The molecular formula is C53H40F4O8S2. The zero-order chi connectivity index (χ0) is 47.3. The van der Waals surface area contributed by atoms with Gasteiger partial charge in [0.25, 0.3) is 12.9 Å². The molecule has 340 valence electrons. The van der Waals surface area contributed by atoms with Crippen molar-refractivity contribution in [3.8, 4) is 51.4 Å². The molecule has 8 rings (SSSR count). The molecular weight excluding hydrogens is 905 g/mol. The van der Waals surface area contributed by atoms with Gasteiger partial charge in [0.05, 0.1) is 26.7 Å². The highest BCUT2D eigenvalue weighted by Gasteiger charge is 2.51. The van der Waals surface area contributed by atoms with Crippen LogP contribution >= 0.6 is 0 Å². The number of ether oxygens (including phenoxy) is 4. The van der Waals surface area contributed by atoms with Crippen molar-refractivity contribution in [2.24, 2.45) is 0 Å². The quantitative estimate of drug-likeness (QED) is 0.0882. The molecule has 0 fully saturated rings. The highest BCUT2D eigenvalue weighted by atomic mass is 32.2. The lowest BCUT2D eigenvalue weighted by Crippen LogP contribution is -2.43. The fraction of sp³-hybridized carbons (Fsp3) is 0.0943. The molecule has 0 heterocycles. The first-order chi connectivity index (χ1) is 32.2. The molecule has 0 aromatic heterocycles. The van der Waals surface area contributed by atoms with Crippen LogP contribution in [0.25, 0.3) is 11.1 Å². The van der Waals surface area contributed by atoms with Crippen LogP contribution < -0.4 is 18.9 Å². The van der Waals surface area contributed by atoms with E-state index in [9.17, 15) is 34.4 Å². The van der Waals surface area contributed by atoms with Gasteiger partial charge in [0.2, 0.25) is 19.7 Å². The molecule has 0 aliphatic heterocycles. The number of methoxy groups -OCH3 is 1. The zero-order valence-electron chi connectivity index (χ0n) is 35.7. The highest BCUT2D eigenvalue weighted by molar-refractivity contribution is 7.91. The molecule has 0 saturated heterocycles. The number of benzene rings is 8. The SMILES string of the molecule is COc1ccc(C(c2ccc(Oc3ccc(S(=O)(=O)c4ccc(Oc5ccc(-c6ccc(Oc7ccc(S(=O)(=O)c8ccc(C)cc8)cc7)cc6)cc5)cc4)cc3)cc2)(C(F)F)C(F)F)cc1. The standard InChI is InChI=1S/C53H40F4O8S2/c1-35-3-27-47(28-4-35)66(58,59)48-29-21-44(22-30-48)63-41-13-5-36(6-14-41)37-7-15-42(16-8-37)64-45-23-31-49(32-24-45)67(60,61)50-33-25-46(26-34-50)65-43-19-11-39(12-20-43)53(51(54)55,52(56)57)38-9-17-40(62-2)18-10-38/h3-34,51-52H,1-2H3. The lowest BCUT2D eigenvalue weighted by Gasteiger charge is -2.33. The Morgan fingerprint density at radius 1 is 0.358 bits per heavy atom. The first-order valence-corrected chi connectivity index (χ1v) is 23.6. The van der Waals surface area contributed by atoms with Crippen molar-refractivity contribution >= 4 is 19.7 Å². The second-order valence-corrected chi connectivity index (χ2v) is 19.2. The van der Waals surface area contributed by atoms with E-state index in [0.717, 1.165) is 28.8 Å². The minimum atomic E-state index is -3.95. The summed E-state index contributed by atoms with van der Waals surface area (Å²) in [7, 11) is -6.23. The molecule has 67 heavy (non-hydrogen) atoms. The molecule has 0 spiro atoms. The Hall–Kier alpha value is -7.42. The molecule has 8 aromatic rings. The van der Waals surface area contributed by atoms with Crippen LogP contribution in [-0.4, -0.2) is 36.8 Å². The van der Waals surface area contributed by atoms with E-state index in [0.29, 0.717) is 28.7 Å². The van der Waals surface area contributed by atoms with Crippen molar-refractivity contribution in [3.63, 3.8) is 0 Å². The van der Waals surface area contributed by atoms with Crippen LogP contribution in [0.1, 0.15) is 16.7 Å². The molecule has 0 atom stereocenters. The summed E-state index contributed by atoms with van der Waals surface area (Å²) in [5, 5.41) is 0. The first-order valence-electron chi connectivity index (χ1n) is 20.6. The van der Waals surface area contributed by atoms with Crippen LogP contribution in [0.4, 0.5) is 17.6 Å². The van der Waals surface area contributed by atoms with Gasteiger partial charge in [0, 0.05) is 0 Å². The molecule has 0 aliphatic rings. The van der Waals surface area contributed by atoms with Gasteiger partial charge in [-0.2, -0.15) is 0 Å². The van der Waals surface area contributed by atoms with Gasteiger partial charge in [0.15, 0.2) is 0 Å². The first kappa shape index (κ1) is 46.1. The summed E-state index contributed by atoms with van der Waals surface area (Å²) in [6.07, 6.45) is -6.88. The molecule has 8 aromatic carbocycles. The molecule has 14 heteroatoms. The summed E-state index contributed by atoms with van der Waals surface area (Å²) < 4.78 is 134. The van der Waals surface area contributed by atoms with E-state index in [1.54, 1.807) is 60.7 Å². The zero-order valence-corrected chi connectivity index (χ0v) is 37.4. The van der Waals surface area contributed by atoms with E-state index in [2.05, 4.69) is 0 Å². The molecule has 0 bridgehead atoms. The van der Waals surface area contributed by atoms with Crippen molar-refractivity contribution in [2.75, 3.05) is 7.11 Å². The maximum atomic E-state index is 14.5. The van der Waals surface area contributed by atoms with Gasteiger partial charge < -0.3 is 18.9 Å². The molecule has 0 amide bonds. The van der Waals surface area contributed by atoms with E-state index in [1.165, 1.54) is 92.0 Å². The molecule has 0 unspecified atom stereocenters. The molecule has 0 N–H and O–H groups in total. The van der Waals surface area contributed by atoms with Gasteiger partial charge in [-0.15, -0.1) is 0 Å². The third kappa shape index (κ3) is 9.77. The minimum absolute atomic E-state index is 0.0157. The lowest BCUT2D eigenvalue weighted by atomic mass is 9.75. The number of hydrogen-bond acceptors (Lipinski definition) is 8. The van der Waals surface area contributed by atoms with Gasteiger partial charge in [-0.1, -0.05) is 66.2 Å². The normalized spacial score (nSPS) is 11.9. The van der Waals surface area contributed by atoms with Crippen LogP contribution in [0.15, 0.2) is 214 Å². The summed E-state index contributed by atoms with van der Waals surface area (Å²) in [6.45, 7) is 1.89. The number of rotatable bonds is 16. The summed E-state index contributed by atoms with van der Waals surface area (Å²) in [5.41, 5.74) is -0.689. The number of halogens is 4. The van der Waals surface area contributed by atoms with Crippen molar-refractivity contribution in [1.82, 2.24) is 0 Å². The fourth-order valence-corrected chi connectivity index (χ4v) is 9.84. The third-order valence-electron chi connectivity index (χ3n) is 11.1. The Balaban J connectivity index is 0.860. The van der Waals surface area contributed by atoms with Crippen LogP contribution in [0.3, 0.4) is 0 Å². The lowest BCUT2D eigenvalue weighted by molar-refractivity contribution is -0.0330. The summed E-state index contributed by atoms with van der Waals surface area (Å²) in [4.78, 5) is 0.400. The van der Waals surface area contributed by atoms with Crippen molar-refractivity contribution < 1.29 is 53.3 Å². The predicted molar refractivity (Wildman–Crippen MR) is 246 cm³/mol. The van der Waals surface area contributed by atoms with Crippen molar-refractivity contribution in [3.05, 3.63) is 211 Å². The second kappa shape index (κ2) is 19.2. The minimum Gasteiger partial charge on any atom is -0.497 e. The average molecular weight is 945 g/mol. The molecule has 0 saturated carbocycles.